The molecule has 0 aliphatic carbocycles. The van der Waals surface area contributed by atoms with E-state index in [1.807, 2.05) is 19.1 Å². The van der Waals surface area contributed by atoms with Crippen molar-refractivity contribution in [3.8, 4) is 5.75 Å². The zero-order valence-corrected chi connectivity index (χ0v) is 10.8. The molecular weight excluding hydrogens is 222 g/mol. The van der Waals surface area contributed by atoms with Crippen LogP contribution in [0.2, 0.25) is 5.02 Å². The second-order valence-electron chi connectivity index (χ2n) is 3.95. The minimum atomic E-state index is 0.497. The molecule has 0 saturated carbocycles. The molecule has 2 nitrogen and oxygen atoms in total. The summed E-state index contributed by atoms with van der Waals surface area (Å²) in [5.74, 6) is 1.26. The first kappa shape index (κ1) is 13.3. The van der Waals surface area contributed by atoms with Gasteiger partial charge in [-0.2, -0.15) is 0 Å². The highest BCUT2D eigenvalue weighted by Gasteiger charge is 2.08. The van der Waals surface area contributed by atoms with Crippen molar-refractivity contribution < 1.29 is 4.74 Å². The average molecular weight is 242 g/mol. The molecule has 1 atom stereocenters. The summed E-state index contributed by atoms with van der Waals surface area (Å²) in [4.78, 5) is 0. The topological polar surface area (TPSA) is 35.2 Å². The van der Waals surface area contributed by atoms with Crippen molar-refractivity contribution in [3.05, 3.63) is 28.8 Å². The molecule has 0 aromatic heterocycles. The van der Waals surface area contributed by atoms with Gasteiger partial charge >= 0.3 is 0 Å². The minimum Gasteiger partial charge on any atom is -0.492 e. The molecule has 1 aromatic rings. The molecule has 1 rings (SSSR count). The highest BCUT2D eigenvalue weighted by Crippen LogP contribution is 2.30. The number of rotatable bonds is 6. The number of nitrogens with two attached hydrogens (primary N) is 1. The van der Waals surface area contributed by atoms with Gasteiger partial charge in [0.1, 0.15) is 5.75 Å². The first-order chi connectivity index (χ1) is 7.69. The van der Waals surface area contributed by atoms with Gasteiger partial charge in [-0.25, -0.2) is 0 Å². The van der Waals surface area contributed by atoms with Crippen molar-refractivity contribution in [2.75, 3.05) is 13.2 Å². The smallest absolute Gasteiger partial charge is 0.137 e. The Bertz CT molecular complexity index is 328. The fraction of sp³-hybridized carbons (Fsp3) is 0.538. The van der Waals surface area contributed by atoms with E-state index in [0.717, 1.165) is 25.1 Å². The van der Waals surface area contributed by atoms with Gasteiger partial charge in [0, 0.05) is 0 Å². The fourth-order valence-electron chi connectivity index (χ4n) is 1.69. The summed E-state index contributed by atoms with van der Waals surface area (Å²) in [5.41, 5.74) is 6.75. The van der Waals surface area contributed by atoms with Gasteiger partial charge in [-0.05, 0) is 49.9 Å². The standard InChI is InChI=1S/C13H20ClNO/c1-3-16-13-7-6-11(9-12(13)14)10(2)5-4-8-15/h6-7,9-10H,3-5,8,15H2,1-2H3. The Morgan fingerprint density at radius 1 is 1.44 bits per heavy atom. The Morgan fingerprint density at radius 3 is 2.75 bits per heavy atom. The highest BCUT2D eigenvalue weighted by molar-refractivity contribution is 6.32. The van der Waals surface area contributed by atoms with Gasteiger partial charge in [-0.15, -0.1) is 0 Å². The molecule has 0 saturated heterocycles. The van der Waals surface area contributed by atoms with Crippen LogP contribution in [0.5, 0.6) is 5.75 Å². The maximum Gasteiger partial charge on any atom is 0.137 e. The van der Waals surface area contributed by atoms with Gasteiger partial charge in [0.05, 0.1) is 11.6 Å². The van der Waals surface area contributed by atoms with E-state index in [1.54, 1.807) is 0 Å². The molecule has 3 heteroatoms. The summed E-state index contributed by atoms with van der Waals surface area (Å²) < 4.78 is 5.40. The summed E-state index contributed by atoms with van der Waals surface area (Å²) in [7, 11) is 0. The molecular formula is C13H20ClNO. The molecule has 0 heterocycles. The van der Waals surface area contributed by atoms with E-state index in [0.29, 0.717) is 17.5 Å². The predicted molar refractivity (Wildman–Crippen MR) is 69.3 cm³/mol. The van der Waals surface area contributed by atoms with E-state index >= 15 is 0 Å². The Morgan fingerprint density at radius 2 is 2.19 bits per heavy atom. The van der Waals surface area contributed by atoms with Crippen LogP contribution < -0.4 is 10.5 Å². The molecule has 90 valence electrons. The van der Waals surface area contributed by atoms with Crippen molar-refractivity contribution in [3.63, 3.8) is 0 Å². The first-order valence-corrected chi connectivity index (χ1v) is 6.19. The predicted octanol–water partition coefficient (Wildman–Crippen LogP) is 3.58. The third-order valence-corrected chi connectivity index (χ3v) is 2.96. The molecule has 16 heavy (non-hydrogen) atoms. The van der Waals surface area contributed by atoms with Crippen LogP contribution in [-0.4, -0.2) is 13.2 Å². The number of hydrogen-bond donors (Lipinski definition) is 1. The maximum absolute atomic E-state index is 6.14. The molecule has 0 aliphatic heterocycles. The molecule has 0 radical (unpaired) electrons. The fourth-order valence-corrected chi connectivity index (χ4v) is 1.93. The van der Waals surface area contributed by atoms with E-state index in [-0.39, 0.29) is 0 Å². The van der Waals surface area contributed by atoms with Crippen LogP contribution in [-0.2, 0) is 0 Å². The summed E-state index contributed by atoms with van der Waals surface area (Å²) in [5, 5.41) is 0.693. The number of benzene rings is 1. The molecule has 1 aromatic carbocycles. The maximum atomic E-state index is 6.14. The van der Waals surface area contributed by atoms with Gasteiger partial charge in [0.2, 0.25) is 0 Å². The Kier molecular flexibility index (Phi) is 5.64. The zero-order valence-electron chi connectivity index (χ0n) is 10.0. The van der Waals surface area contributed by atoms with Crippen LogP contribution in [0.3, 0.4) is 0 Å². The van der Waals surface area contributed by atoms with Crippen molar-refractivity contribution >= 4 is 11.6 Å². The second-order valence-corrected chi connectivity index (χ2v) is 4.36. The zero-order chi connectivity index (χ0) is 12.0. The van der Waals surface area contributed by atoms with Crippen LogP contribution in [0.1, 0.15) is 38.2 Å². The minimum absolute atomic E-state index is 0.497. The summed E-state index contributed by atoms with van der Waals surface area (Å²) in [6.45, 7) is 5.53. The molecule has 0 amide bonds. The van der Waals surface area contributed by atoms with Crippen molar-refractivity contribution in [1.29, 1.82) is 0 Å². The van der Waals surface area contributed by atoms with Crippen LogP contribution >= 0.6 is 11.6 Å². The van der Waals surface area contributed by atoms with Crippen molar-refractivity contribution in [2.24, 2.45) is 5.73 Å². The lowest BCUT2D eigenvalue weighted by Crippen LogP contribution is -2.02. The van der Waals surface area contributed by atoms with Crippen LogP contribution in [0.4, 0.5) is 0 Å². The first-order valence-electron chi connectivity index (χ1n) is 5.81. The second kappa shape index (κ2) is 6.77. The van der Waals surface area contributed by atoms with Gasteiger partial charge in [0.25, 0.3) is 0 Å². The lowest BCUT2D eigenvalue weighted by Gasteiger charge is -2.13. The summed E-state index contributed by atoms with van der Waals surface area (Å²) >= 11 is 6.14. The number of hydrogen-bond acceptors (Lipinski definition) is 2. The van der Waals surface area contributed by atoms with E-state index < -0.39 is 0 Å². The van der Waals surface area contributed by atoms with Crippen LogP contribution in [0.25, 0.3) is 0 Å². The molecule has 1 unspecified atom stereocenters. The van der Waals surface area contributed by atoms with Gasteiger partial charge in [0.15, 0.2) is 0 Å². The molecule has 2 N–H and O–H groups in total. The largest absolute Gasteiger partial charge is 0.492 e. The highest BCUT2D eigenvalue weighted by atomic mass is 35.5. The molecule has 0 fully saturated rings. The van der Waals surface area contributed by atoms with Gasteiger partial charge in [-0.3, -0.25) is 0 Å². The third-order valence-electron chi connectivity index (χ3n) is 2.67. The van der Waals surface area contributed by atoms with Crippen molar-refractivity contribution in [2.45, 2.75) is 32.6 Å². The third kappa shape index (κ3) is 3.69. The Balaban J connectivity index is 2.71. The quantitative estimate of drug-likeness (QED) is 0.826. The average Bonchev–Trinajstić information content (AvgIpc) is 2.29. The Labute approximate surface area is 103 Å². The van der Waals surface area contributed by atoms with Gasteiger partial charge < -0.3 is 10.5 Å². The van der Waals surface area contributed by atoms with Crippen molar-refractivity contribution in [1.82, 2.24) is 0 Å². The summed E-state index contributed by atoms with van der Waals surface area (Å²) in [6.07, 6.45) is 2.15. The SMILES string of the molecule is CCOc1ccc(C(C)CCCN)cc1Cl. The molecule has 0 spiro atoms. The Hall–Kier alpha value is -0.730. The molecule has 0 aliphatic rings. The van der Waals surface area contributed by atoms with Crippen LogP contribution in [0.15, 0.2) is 18.2 Å². The normalized spacial score (nSPS) is 12.5. The molecule has 0 bridgehead atoms. The monoisotopic (exact) mass is 241 g/mol. The summed E-state index contributed by atoms with van der Waals surface area (Å²) in [6, 6.07) is 6.02. The number of ether oxygens (including phenoxy) is 1. The lowest BCUT2D eigenvalue weighted by molar-refractivity contribution is 0.340. The van der Waals surface area contributed by atoms with E-state index in [2.05, 4.69) is 13.0 Å². The van der Waals surface area contributed by atoms with E-state index in [1.165, 1.54) is 5.56 Å². The number of halogens is 1. The van der Waals surface area contributed by atoms with Crippen LogP contribution in [0, 0.1) is 0 Å². The van der Waals surface area contributed by atoms with Gasteiger partial charge in [-0.1, -0.05) is 24.6 Å². The van der Waals surface area contributed by atoms with E-state index in [9.17, 15) is 0 Å². The lowest BCUT2D eigenvalue weighted by atomic mass is 9.96. The van der Waals surface area contributed by atoms with E-state index in [4.69, 9.17) is 22.1 Å².